The SMILES string of the molecule is COc1ccc(COCc2ccc(OC)cc2-c2ccc(Cl)cc2)c(-c2ccc(Cl)cc2)c1. The molecule has 4 rings (SSSR count). The van der Waals surface area contributed by atoms with Gasteiger partial charge in [0.1, 0.15) is 11.5 Å². The van der Waals surface area contributed by atoms with Gasteiger partial charge in [-0.05, 0) is 81.9 Å². The first-order valence-electron chi connectivity index (χ1n) is 10.5. The fourth-order valence-electron chi connectivity index (χ4n) is 3.68. The van der Waals surface area contributed by atoms with Gasteiger partial charge in [-0.2, -0.15) is 0 Å². The highest BCUT2D eigenvalue weighted by Gasteiger charge is 2.11. The van der Waals surface area contributed by atoms with Crippen molar-refractivity contribution < 1.29 is 14.2 Å². The zero-order valence-corrected chi connectivity index (χ0v) is 20.0. The van der Waals surface area contributed by atoms with E-state index in [1.54, 1.807) is 14.2 Å². The number of rotatable bonds is 8. The number of methoxy groups -OCH3 is 2. The van der Waals surface area contributed by atoms with Gasteiger partial charge in [0.25, 0.3) is 0 Å². The van der Waals surface area contributed by atoms with E-state index in [2.05, 4.69) is 0 Å². The molecule has 5 heteroatoms. The van der Waals surface area contributed by atoms with Crippen molar-refractivity contribution in [2.45, 2.75) is 13.2 Å². The molecule has 0 atom stereocenters. The molecule has 0 saturated heterocycles. The Morgan fingerprint density at radius 3 is 1.30 bits per heavy atom. The number of hydrogen-bond donors (Lipinski definition) is 0. The van der Waals surface area contributed by atoms with Crippen LogP contribution in [0.3, 0.4) is 0 Å². The van der Waals surface area contributed by atoms with Gasteiger partial charge in [-0.1, -0.05) is 59.6 Å². The van der Waals surface area contributed by atoms with E-state index in [-0.39, 0.29) is 0 Å². The smallest absolute Gasteiger partial charge is 0.119 e. The lowest BCUT2D eigenvalue weighted by molar-refractivity contribution is 0.107. The zero-order valence-electron chi connectivity index (χ0n) is 18.5. The maximum atomic E-state index is 6.19. The van der Waals surface area contributed by atoms with Gasteiger partial charge in [0, 0.05) is 10.0 Å². The number of benzene rings is 4. The minimum absolute atomic E-state index is 0.452. The van der Waals surface area contributed by atoms with Gasteiger partial charge in [-0.25, -0.2) is 0 Å². The highest BCUT2D eigenvalue weighted by Crippen LogP contribution is 2.32. The first-order chi connectivity index (χ1) is 16.1. The molecule has 0 saturated carbocycles. The molecule has 0 aromatic heterocycles. The van der Waals surface area contributed by atoms with Gasteiger partial charge >= 0.3 is 0 Å². The molecule has 33 heavy (non-hydrogen) atoms. The second-order valence-corrected chi connectivity index (χ2v) is 8.43. The molecular weight excluding hydrogens is 455 g/mol. The molecule has 4 aromatic carbocycles. The van der Waals surface area contributed by atoms with Gasteiger partial charge < -0.3 is 14.2 Å². The van der Waals surface area contributed by atoms with Gasteiger partial charge in [-0.3, -0.25) is 0 Å². The molecule has 0 bridgehead atoms. The third-order valence-electron chi connectivity index (χ3n) is 5.46. The summed E-state index contributed by atoms with van der Waals surface area (Å²) in [6.45, 7) is 0.905. The largest absolute Gasteiger partial charge is 0.497 e. The van der Waals surface area contributed by atoms with Crippen LogP contribution in [0.5, 0.6) is 11.5 Å². The van der Waals surface area contributed by atoms with Crippen molar-refractivity contribution in [2.75, 3.05) is 14.2 Å². The molecule has 0 amide bonds. The summed E-state index contributed by atoms with van der Waals surface area (Å²) in [6.07, 6.45) is 0. The lowest BCUT2D eigenvalue weighted by Gasteiger charge is -2.15. The fourth-order valence-corrected chi connectivity index (χ4v) is 3.94. The van der Waals surface area contributed by atoms with E-state index >= 15 is 0 Å². The van der Waals surface area contributed by atoms with Crippen LogP contribution in [0.4, 0.5) is 0 Å². The quantitative estimate of drug-likeness (QED) is 0.256. The van der Waals surface area contributed by atoms with Gasteiger partial charge in [0.2, 0.25) is 0 Å². The highest BCUT2D eigenvalue weighted by atomic mass is 35.5. The molecule has 0 aliphatic rings. The van der Waals surface area contributed by atoms with E-state index in [1.165, 1.54) is 0 Å². The van der Waals surface area contributed by atoms with E-state index in [0.717, 1.165) is 44.9 Å². The summed E-state index contributed by atoms with van der Waals surface area (Å²) in [7, 11) is 3.33. The second kappa shape index (κ2) is 10.8. The van der Waals surface area contributed by atoms with Crippen molar-refractivity contribution >= 4 is 23.2 Å². The Bertz CT molecular complexity index is 1120. The maximum Gasteiger partial charge on any atom is 0.119 e. The Hall–Kier alpha value is -2.98. The fraction of sp³-hybridized carbons (Fsp3) is 0.143. The summed E-state index contributed by atoms with van der Waals surface area (Å²) >= 11 is 12.2. The van der Waals surface area contributed by atoms with Crippen molar-refractivity contribution in [2.24, 2.45) is 0 Å². The van der Waals surface area contributed by atoms with Crippen LogP contribution in [0.2, 0.25) is 10.0 Å². The monoisotopic (exact) mass is 478 g/mol. The molecule has 0 aliphatic carbocycles. The first-order valence-corrected chi connectivity index (χ1v) is 11.3. The van der Waals surface area contributed by atoms with E-state index in [9.17, 15) is 0 Å². The van der Waals surface area contributed by atoms with Crippen molar-refractivity contribution in [3.63, 3.8) is 0 Å². The summed E-state index contributed by atoms with van der Waals surface area (Å²) in [4.78, 5) is 0. The molecule has 0 N–H and O–H groups in total. The lowest BCUT2D eigenvalue weighted by Crippen LogP contribution is -1.99. The molecule has 4 aromatic rings. The van der Waals surface area contributed by atoms with Crippen LogP contribution >= 0.6 is 23.2 Å². The number of hydrogen-bond acceptors (Lipinski definition) is 3. The first kappa shape index (κ1) is 23.2. The summed E-state index contributed by atoms with van der Waals surface area (Å²) < 4.78 is 17.1. The molecule has 168 valence electrons. The Balaban J connectivity index is 1.57. The van der Waals surface area contributed by atoms with Crippen molar-refractivity contribution in [1.82, 2.24) is 0 Å². The predicted octanol–water partition coefficient (Wildman–Crippen LogP) is 8.06. The normalized spacial score (nSPS) is 10.8. The van der Waals surface area contributed by atoms with Crippen LogP contribution in [0.15, 0.2) is 84.9 Å². The third kappa shape index (κ3) is 5.69. The van der Waals surface area contributed by atoms with Crippen LogP contribution in [0.25, 0.3) is 22.3 Å². The highest BCUT2D eigenvalue weighted by molar-refractivity contribution is 6.30. The number of ether oxygens (including phenoxy) is 3. The second-order valence-electron chi connectivity index (χ2n) is 7.55. The van der Waals surface area contributed by atoms with E-state index in [0.29, 0.717) is 23.3 Å². The molecule has 0 heterocycles. The molecule has 0 spiro atoms. The van der Waals surface area contributed by atoms with Gasteiger partial charge in [0.05, 0.1) is 27.4 Å². The van der Waals surface area contributed by atoms with E-state index in [4.69, 9.17) is 37.4 Å². The van der Waals surface area contributed by atoms with Crippen LogP contribution in [0, 0.1) is 0 Å². The van der Waals surface area contributed by atoms with Crippen LogP contribution in [0.1, 0.15) is 11.1 Å². The Morgan fingerprint density at radius 1 is 0.545 bits per heavy atom. The van der Waals surface area contributed by atoms with Crippen molar-refractivity contribution in [1.29, 1.82) is 0 Å². The zero-order chi connectivity index (χ0) is 23.2. The van der Waals surface area contributed by atoms with Crippen LogP contribution in [-0.4, -0.2) is 14.2 Å². The standard InChI is InChI=1S/C28H24Cl2O3/c1-31-25-13-7-21(27(15-25)19-3-9-23(29)10-4-19)17-33-18-22-8-14-26(32-2)16-28(22)20-5-11-24(30)12-6-20/h3-16H,17-18H2,1-2H3. The predicted molar refractivity (Wildman–Crippen MR) is 135 cm³/mol. The molecule has 0 fully saturated rings. The van der Waals surface area contributed by atoms with Gasteiger partial charge in [0.15, 0.2) is 0 Å². The Kier molecular flexibility index (Phi) is 7.56. The summed E-state index contributed by atoms with van der Waals surface area (Å²) in [5, 5.41) is 1.40. The molecule has 3 nitrogen and oxygen atoms in total. The molecule has 0 radical (unpaired) electrons. The Morgan fingerprint density at radius 2 is 0.939 bits per heavy atom. The molecule has 0 aliphatic heterocycles. The van der Waals surface area contributed by atoms with E-state index in [1.807, 2.05) is 84.9 Å². The lowest BCUT2D eigenvalue weighted by atomic mass is 9.99. The minimum Gasteiger partial charge on any atom is -0.497 e. The average Bonchev–Trinajstić information content (AvgIpc) is 2.85. The van der Waals surface area contributed by atoms with Crippen molar-refractivity contribution in [3.05, 3.63) is 106 Å². The maximum absolute atomic E-state index is 6.19. The summed E-state index contributed by atoms with van der Waals surface area (Å²) in [6, 6.07) is 27.6. The third-order valence-corrected chi connectivity index (χ3v) is 5.96. The summed E-state index contributed by atoms with van der Waals surface area (Å²) in [5.74, 6) is 1.59. The van der Waals surface area contributed by atoms with Gasteiger partial charge in [-0.15, -0.1) is 0 Å². The Labute approximate surface area is 204 Å². The summed E-state index contributed by atoms with van der Waals surface area (Å²) in [5.41, 5.74) is 6.36. The van der Waals surface area contributed by atoms with Crippen LogP contribution < -0.4 is 9.47 Å². The van der Waals surface area contributed by atoms with E-state index < -0.39 is 0 Å². The average molecular weight is 479 g/mol. The molecule has 0 unspecified atom stereocenters. The van der Waals surface area contributed by atoms with Crippen molar-refractivity contribution in [3.8, 4) is 33.8 Å². The topological polar surface area (TPSA) is 27.7 Å². The number of halogens is 2. The minimum atomic E-state index is 0.452. The molecular formula is C28H24Cl2O3. The van der Waals surface area contributed by atoms with Crippen LogP contribution in [-0.2, 0) is 18.0 Å².